The number of benzene rings is 3. The van der Waals surface area contributed by atoms with Crippen molar-refractivity contribution < 1.29 is 13.2 Å². The summed E-state index contributed by atoms with van der Waals surface area (Å²) >= 11 is 0. The SMILES string of the molecule is N#Cc1ccc(S(=O)(=O)N2CCC(C(=O)Nc3ccccc3N3CCc4ccccc43)CC2)cc1. The van der Waals surface area contributed by atoms with Crippen LogP contribution < -0.4 is 10.2 Å². The average molecular weight is 487 g/mol. The molecule has 0 radical (unpaired) electrons. The topological polar surface area (TPSA) is 93.5 Å². The Morgan fingerprint density at radius 1 is 0.886 bits per heavy atom. The van der Waals surface area contributed by atoms with E-state index in [0.29, 0.717) is 18.4 Å². The minimum Gasteiger partial charge on any atom is -0.339 e. The highest BCUT2D eigenvalue weighted by molar-refractivity contribution is 7.89. The Labute approximate surface area is 205 Å². The van der Waals surface area contributed by atoms with Gasteiger partial charge in [-0.3, -0.25) is 4.79 Å². The molecule has 0 aliphatic carbocycles. The van der Waals surface area contributed by atoms with E-state index in [9.17, 15) is 13.2 Å². The van der Waals surface area contributed by atoms with Crippen molar-refractivity contribution in [2.24, 2.45) is 5.92 Å². The first kappa shape index (κ1) is 23.1. The molecule has 0 unspecified atom stereocenters. The molecule has 7 nitrogen and oxygen atoms in total. The maximum absolute atomic E-state index is 13.1. The van der Waals surface area contributed by atoms with Crippen LogP contribution in [0, 0.1) is 17.2 Å². The molecule has 2 aliphatic rings. The number of nitrogens with one attached hydrogen (secondary N) is 1. The molecule has 0 saturated carbocycles. The van der Waals surface area contributed by atoms with Gasteiger partial charge >= 0.3 is 0 Å². The number of fused-ring (bicyclic) bond motifs is 1. The minimum atomic E-state index is -3.66. The van der Waals surface area contributed by atoms with Gasteiger partial charge in [0, 0.05) is 31.2 Å². The number of carbonyl (C=O) groups excluding carboxylic acids is 1. The van der Waals surface area contributed by atoms with Crippen molar-refractivity contribution in [3.05, 3.63) is 83.9 Å². The fourth-order valence-corrected chi connectivity index (χ4v) is 6.32. The third-order valence-electron chi connectivity index (χ3n) is 6.79. The van der Waals surface area contributed by atoms with Crippen molar-refractivity contribution in [2.75, 3.05) is 29.9 Å². The lowest BCUT2D eigenvalue weighted by Gasteiger charge is -2.31. The van der Waals surface area contributed by atoms with Crippen molar-refractivity contribution in [3.63, 3.8) is 0 Å². The van der Waals surface area contributed by atoms with Gasteiger partial charge in [-0.1, -0.05) is 30.3 Å². The molecular weight excluding hydrogens is 460 g/mol. The number of nitrogens with zero attached hydrogens (tertiary/aromatic N) is 3. The normalized spacial score (nSPS) is 16.5. The quantitative estimate of drug-likeness (QED) is 0.581. The van der Waals surface area contributed by atoms with E-state index < -0.39 is 10.0 Å². The van der Waals surface area contributed by atoms with Crippen LogP contribution in [0.3, 0.4) is 0 Å². The summed E-state index contributed by atoms with van der Waals surface area (Å²) < 4.78 is 27.4. The van der Waals surface area contributed by atoms with Gasteiger partial charge in [0.25, 0.3) is 0 Å². The van der Waals surface area contributed by atoms with Gasteiger partial charge in [0.05, 0.1) is 27.9 Å². The standard InChI is InChI=1S/C27H26N4O3S/c28-19-20-9-11-23(12-10-20)35(33,34)30-16-13-22(14-17-30)27(32)29-24-6-2-4-8-26(24)31-18-15-21-5-1-3-7-25(21)31/h1-12,22H,13-18H2,(H,29,32). The number of amides is 1. The number of rotatable bonds is 5. The van der Waals surface area contributed by atoms with Crippen molar-refractivity contribution in [1.29, 1.82) is 5.26 Å². The highest BCUT2D eigenvalue weighted by Crippen LogP contribution is 2.38. The van der Waals surface area contributed by atoms with E-state index in [1.54, 1.807) is 0 Å². The Kier molecular flexibility index (Phi) is 6.29. The number of nitriles is 1. The highest BCUT2D eigenvalue weighted by atomic mass is 32.2. The van der Waals surface area contributed by atoms with Crippen LogP contribution in [-0.4, -0.2) is 38.3 Å². The van der Waals surface area contributed by atoms with E-state index in [0.717, 1.165) is 30.0 Å². The molecule has 0 aromatic heterocycles. The lowest BCUT2D eigenvalue weighted by Crippen LogP contribution is -2.41. The predicted molar refractivity (Wildman–Crippen MR) is 135 cm³/mol. The Morgan fingerprint density at radius 2 is 1.54 bits per heavy atom. The minimum absolute atomic E-state index is 0.0830. The Balaban J connectivity index is 1.25. The van der Waals surface area contributed by atoms with Crippen molar-refractivity contribution in [2.45, 2.75) is 24.2 Å². The average Bonchev–Trinajstić information content (AvgIpc) is 3.33. The lowest BCUT2D eigenvalue weighted by atomic mass is 9.97. The molecule has 1 N–H and O–H groups in total. The van der Waals surface area contributed by atoms with E-state index in [4.69, 9.17) is 5.26 Å². The van der Waals surface area contributed by atoms with Crippen LogP contribution in [0.5, 0.6) is 0 Å². The van der Waals surface area contributed by atoms with Gasteiger partial charge < -0.3 is 10.2 Å². The molecule has 2 heterocycles. The zero-order chi connectivity index (χ0) is 24.4. The summed E-state index contributed by atoms with van der Waals surface area (Å²) in [4.78, 5) is 15.5. The molecule has 35 heavy (non-hydrogen) atoms. The lowest BCUT2D eigenvalue weighted by molar-refractivity contribution is -0.120. The fourth-order valence-electron chi connectivity index (χ4n) is 4.85. The van der Waals surface area contributed by atoms with Gasteiger partial charge in [-0.15, -0.1) is 0 Å². The van der Waals surface area contributed by atoms with Crippen LogP contribution in [0.2, 0.25) is 0 Å². The summed E-state index contributed by atoms with van der Waals surface area (Å²) in [7, 11) is -3.66. The van der Waals surface area contributed by atoms with Crippen molar-refractivity contribution in [3.8, 4) is 6.07 Å². The van der Waals surface area contributed by atoms with E-state index in [1.807, 2.05) is 42.5 Å². The third kappa shape index (κ3) is 4.53. The van der Waals surface area contributed by atoms with Crippen LogP contribution in [0.15, 0.2) is 77.7 Å². The van der Waals surface area contributed by atoms with Crippen molar-refractivity contribution in [1.82, 2.24) is 4.31 Å². The summed E-state index contributed by atoms with van der Waals surface area (Å²) in [5.41, 5.74) is 4.60. The first-order chi connectivity index (χ1) is 17.0. The van der Waals surface area contributed by atoms with Gasteiger partial charge in [-0.2, -0.15) is 9.57 Å². The van der Waals surface area contributed by atoms with Gasteiger partial charge in [0.2, 0.25) is 15.9 Å². The molecule has 1 amide bonds. The number of sulfonamides is 1. The van der Waals surface area contributed by atoms with Crippen LogP contribution >= 0.6 is 0 Å². The number of carbonyl (C=O) groups is 1. The first-order valence-corrected chi connectivity index (χ1v) is 13.2. The molecule has 3 aromatic carbocycles. The molecule has 1 fully saturated rings. The predicted octanol–water partition coefficient (Wildman–Crippen LogP) is 4.29. The second kappa shape index (κ2) is 9.53. The highest BCUT2D eigenvalue weighted by Gasteiger charge is 2.32. The maximum Gasteiger partial charge on any atom is 0.243 e. The number of hydrogen-bond donors (Lipinski definition) is 1. The molecule has 5 rings (SSSR count). The molecule has 0 spiro atoms. The fraction of sp³-hybridized carbons (Fsp3) is 0.259. The molecule has 1 saturated heterocycles. The second-order valence-corrected chi connectivity index (χ2v) is 10.8. The summed E-state index contributed by atoms with van der Waals surface area (Å²) in [6.07, 6.45) is 1.87. The zero-order valence-electron chi connectivity index (χ0n) is 19.2. The van der Waals surface area contributed by atoms with Crippen LogP contribution in [-0.2, 0) is 21.2 Å². The number of piperidine rings is 1. The molecular formula is C27H26N4O3S. The number of hydrogen-bond acceptors (Lipinski definition) is 5. The van der Waals surface area contributed by atoms with Gasteiger partial charge in [0.1, 0.15) is 0 Å². The molecule has 2 aliphatic heterocycles. The summed E-state index contributed by atoms with van der Waals surface area (Å²) in [5.74, 6) is -0.346. The van der Waals surface area contributed by atoms with Crippen LogP contribution in [0.1, 0.15) is 24.0 Å². The first-order valence-electron chi connectivity index (χ1n) is 11.7. The summed E-state index contributed by atoms with van der Waals surface area (Å²) in [6, 6.07) is 24.0. The molecule has 178 valence electrons. The Hall–Kier alpha value is -3.67. The Morgan fingerprint density at radius 3 is 2.26 bits per heavy atom. The smallest absolute Gasteiger partial charge is 0.243 e. The monoisotopic (exact) mass is 486 g/mol. The number of para-hydroxylation sites is 3. The van der Waals surface area contributed by atoms with Gasteiger partial charge in [-0.05, 0) is 67.3 Å². The summed E-state index contributed by atoms with van der Waals surface area (Å²) in [6.45, 7) is 1.42. The molecule has 8 heteroatoms. The van der Waals surface area contributed by atoms with Gasteiger partial charge in [0.15, 0.2) is 0 Å². The molecule has 3 aromatic rings. The van der Waals surface area contributed by atoms with Gasteiger partial charge in [-0.25, -0.2) is 8.42 Å². The third-order valence-corrected chi connectivity index (χ3v) is 8.70. The molecule has 0 bridgehead atoms. The van der Waals surface area contributed by atoms with Crippen molar-refractivity contribution >= 4 is 33.0 Å². The zero-order valence-corrected chi connectivity index (χ0v) is 20.0. The van der Waals surface area contributed by atoms with E-state index in [1.165, 1.54) is 34.1 Å². The molecule has 0 atom stereocenters. The van der Waals surface area contributed by atoms with Crippen LogP contribution in [0.25, 0.3) is 0 Å². The maximum atomic E-state index is 13.1. The van der Waals surface area contributed by atoms with E-state index in [-0.39, 0.29) is 29.8 Å². The Bertz CT molecular complexity index is 1390. The second-order valence-electron chi connectivity index (χ2n) is 8.85. The van der Waals surface area contributed by atoms with E-state index >= 15 is 0 Å². The largest absolute Gasteiger partial charge is 0.339 e. The number of anilines is 3. The van der Waals surface area contributed by atoms with E-state index in [2.05, 4.69) is 22.3 Å². The summed E-state index contributed by atoms with van der Waals surface area (Å²) in [5, 5.41) is 12.0. The van der Waals surface area contributed by atoms with Crippen LogP contribution in [0.4, 0.5) is 17.1 Å².